The van der Waals surface area contributed by atoms with Crippen LogP contribution >= 0.6 is 12.4 Å². The minimum absolute atomic E-state index is 0. The Balaban J connectivity index is 0.00000400. The molecule has 21 heavy (non-hydrogen) atoms. The summed E-state index contributed by atoms with van der Waals surface area (Å²) < 4.78 is 10.6. The Morgan fingerprint density at radius 1 is 1.33 bits per heavy atom. The quantitative estimate of drug-likeness (QED) is 0.680. The van der Waals surface area contributed by atoms with E-state index in [-0.39, 0.29) is 24.4 Å². The first-order valence-corrected chi connectivity index (χ1v) is 6.84. The summed E-state index contributed by atoms with van der Waals surface area (Å²) in [6, 6.07) is 7.90. The summed E-state index contributed by atoms with van der Waals surface area (Å²) in [6.07, 6.45) is 0.852. The zero-order valence-electron chi connectivity index (χ0n) is 12.6. The molecule has 1 aromatic rings. The smallest absolute Gasteiger partial charge is 0.222 e. The van der Waals surface area contributed by atoms with Crippen molar-refractivity contribution < 1.29 is 14.3 Å². The van der Waals surface area contributed by atoms with Crippen molar-refractivity contribution in [2.75, 3.05) is 26.8 Å². The Bertz CT molecular complexity index is 394. The lowest BCUT2D eigenvalue weighted by Crippen LogP contribution is -2.33. The Hall–Kier alpha value is -1.30. The molecule has 0 bridgehead atoms. The average Bonchev–Trinajstić information content (AvgIpc) is 2.46. The molecule has 3 N–H and O–H groups in total. The number of aryl methyl sites for hydroxylation is 1. The van der Waals surface area contributed by atoms with Crippen molar-refractivity contribution >= 4 is 18.3 Å². The van der Waals surface area contributed by atoms with E-state index in [0.717, 1.165) is 12.2 Å². The summed E-state index contributed by atoms with van der Waals surface area (Å²) >= 11 is 0. The van der Waals surface area contributed by atoms with Gasteiger partial charge >= 0.3 is 0 Å². The molecule has 1 amide bonds. The number of methoxy groups -OCH3 is 1. The van der Waals surface area contributed by atoms with Crippen molar-refractivity contribution in [3.05, 3.63) is 29.8 Å². The minimum Gasteiger partial charge on any atom is -0.494 e. The van der Waals surface area contributed by atoms with Crippen molar-refractivity contribution in [3.8, 4) is 5.75 Å². The molecule has 0 spiro atoms. The Labute approximate surface area is 132 Å². The third-order valence-corrected chi connectivity index (χ3v) is 2.94. The standard InChI is InChI=1S/C15H24N2O3.ClH/c1-12-4-6-13(7-5-12)20-9-3-8-17-15(18)10-14(11-16)19-2;/h4-7,14H,3,8-11,16H2,1-2H3,(H,17,18);1H. The van der Waals surface area contributed by atoms with E-state index in [1.165, 1.54) is 5.56 Å². The summed E-state index contributed by atoms with van der Waals surface area (Å²) in [5.74, 6) is 0.808. The zero-order valence-corrected chi connectivity index (χ0v) is 13.4. The predicted molar refractivity (Wildman–Crippen MR) is 86.0 cm³/mol. The average molecular weight is 317 g/mol. The molecule has 1 rings (SSSR count). The number of halogens is 1. The first kappa shape index (κ1) is 19.7. The van der Waals surface area contributed by atoms with Gasteiger partial charge in [-0.25, -0.2) is 0 Å². The number of hydrogen-bond acceptors (Lipinski definition) is 4. The number of nitrogens with two attached hydrogens (primary N) is 1. The van der Waals surface area contributed by atoms with E-state index in [1.54, 1.807) is 7.11 Å². The molecule has 0 saturated heterocycles. The fraction of sp³-hybridized carbons (Fsp3) is 0.533. The van der Waals surface area contributed by atoms with Crippen LogP contribution in [0, 0.1) is 6.92 Å². The first-order chi connectivity index (χ1) is 9.65. The third-order valence-electron chi connectivity index (χ3n) is 2.94. The molecule has 6 heteroatoms. The zero-order chi connectivity index (χ0) is 14.8. The van der Waals surface area contributed by atoms with Crippen LogP contribution in [-0.4, -0.2) is 38.8 Å². The van der Waals surface area contributed by atoms with Crippen molar-refractivity contribution in [1.82, 2.24) is 5.32 Å². The molecule has 0 aliphatic carbocycles. The Morgan fingerprint density at radius 3 is 2.57 bits per heavy atom. The molecule has 0 aliphatic rings. The van der Waals surface area contributed by atoms with Gasteiger partial charge in [0.1, 0.15) is 5.75 Å². The van der Waals surface area contributed by atoms with Crippen LogP contribution in [0.15, 0.2) is 24.3 Å². The highest BCUT2D eigenvalue weighted by Crippen LogP contribution is 2.11. The van der Waals surface area contributed by atoms with Crippen LogP contribution in [0.5, 0.6) is 5.75 Å². The Morgan fingerprint density at radius 2 is 2.00 bits per heavy atom. The summed E-state index contributed by atoms with van der Waals surface area (Å²) in [5.41, 5.74) is 6.66. The van der Waals surface area contributed by atoms with Gasteiger partial charge in [0.2, 0.25) is 5.91 Å². The second-order valence-corrected chi connectivity index (χ2v) is 4.66. The second-order valence-electron chi connectivity index (χ2n) is 4.66. The molecule has 5 nitrogen and oxygen atoms in total. The number of amides is 1. The van der Waals surface area contributed by atoms with E-state index in [4.69, 9.17) is 15.2 Å². The first-order valence-electron chi connectivity index (χ1n) is 6.84. The van der Waals surface area contributed by atoms with Crippen LogP contribution in [0.2, 0.25) is 0 Å². The molecule has 0 heterocycles. The molecule has 0 radical (unpaired) electrons. The van der Waals surface area contributed by atoms with Gasteiger partial charge in [-0.05, 0) is 25.5 Å². The van der Waals surface area contributed by atoms with Crippen molar-refractivity contribution in [1.29, 1.82) is 0 Å². The van der Waals surface area contributed by atoms with Crippen LogP contribution in [-0.2, 0) is 9.53 Å². The third kappa shape index (κ3) is 8.55. The van der Waals surface area contributed by atoms with E-state index < -0.39 is 0 Å². The maximum atomic E-state index is 11.6. The van der Waals surface area contributed by atoms with Gasteiger partial charge in [0.25, 0.3) is 0 Å². The van der Waals surface area contributed by atoms with Crippen LogP contribution in [0.3, 0.4) is 0 Å². The van der Waals surface area contributed by atoms with Crippen molar-refractivity contribution in [3.63, 3.8) is 0 Å². The number of ether oxygens (including phenoxy) is 2. The minimum atomic E-state index is -0.209. The summed E-state index contributed by atoms with van der Waals surface area (Å²) in [4.78, 5) is 11.6. The van der Waals surface area contributed by atoms with Crippen molar-refractivity contribution in [2.45, 2.75) is 25.9 Å². The number of nitrogens with one attached hydrogen (secondary N) is 1. The summed E-state index contributed by atoms with van der Waals surface area (Å²) in [7, 11) is 1.56. The van der Waals surface area contributed by atoms with Gasteiger partial charge in [-0.1, -0.05) is 17.7 Å². The van der Waals surface area contributed by atoms with E-state index in [0.29, 0.717) is 26.1 Å². The van der Waals surface area contributed by atoms with Gasteiger partial charge in [0.15, 0.2) is 0 Å². The predicted octanol–water partition coefficient (Wildman–Crippen LogP) is 1.67. The lowest BCUT2D eigenvalue weighted by atomic mass is 10.2. The molecule has 0 fully saturated rings. The largest absolute Gasteiger partial charge is 0.494 e. The van der Waals surface area contributed by atoms with E-state index >= 15 is 0 Å². The van der Waals surface area contributed by atoms with Gasteiger partial charge in [0, 0.05) is 20.2 Å². The van der Waals surface area contributed by atoms with Gasteiger partial charge in [-0.15, -0.1) is 12.4 Å². The van der Waals surface area contributed by atoms with Gasteiger partial charge < -0.3 is 20.5 Å². The SMILES string of the molecule is COC(CN)CC(=O)NCCCOc1ccc(C)cc1.Cl. The molecular formula is C15H25ClN2O3. The highest BCUT2D eigenvalue weighted by molar-refractivity contribution is 5.85. The van der Waals surface area contributed by atoms with Crippen LogP contribution in [0.4, 0.5) is 0 Å². The maximum absolute atomic E-state index is 11.6. The van der Waals surface area contributed by atoms with E-state index in [1.807, 2.05) is 31.2 Å². The molecule has 120 valence electrons. The highest BCUT2D eigenvalue weighted by Gasteiger charge is 2.10. The van der Waals surface area contributed by atoms with Gasteiger partial charge in [-0.3, -0.25) is 4.79 Å². The normalized spacial score (nSPS) is 11.4. The van der Waals surface area contributed by atoms with Gasteiger partial charge in [0.05, 0.1) is 19.1 Å². The molecule has 1 atom stereocenters. The van der Waals surface area contributed by atoms with Crippen molar-refractivity contribution in [2.24, 2.45) is 5.73 Å². The summed E-state index contributed by atoms with van der Waals surface area (Å²) in [6.45, 7) is 3.55. The number of hydrogen-bond donors (Lipinski definition) is 2. The molecule has 0 aromatic heterocycles. The van der Waals surface area contributed by atoms with Gasteiger partial charge in [-0.2, -0.15) is 0 Å². The lowest BCUT2D eigenvalue weighted by molar-refractivity contribution is -0.123. The lowest BCUT2D eigenvalue weighted by Gasteiger charge is -2.12. The molecule has 0 saturated carbocycles. The number of rotatable bonds is 9. The fourth-order valence-corrected chi connectivity index (χ4v) is 1.67. The number of carbonyl (C=O) groups excluding carboxylic acids is 1. The van der Waals surface area contributed by atoms with E-state index in [9.17, 15) is 4.79 Å². The number of carbonyl (C=O) groups is 1. The molecular weight excluding hydrogens is 292 g/mol. The second kappa shape index (κ2) is 11.4. The monoisotopic (exact) mass is 316 g/mol. The molecule has 1 unspecified atom stereocenters. The van der Waals surface area contributed by atoms with E-state index in [2.05, 4.69) is 5.32 Å². The molecule has 1 aromatic carbocycles. The molecule has 0 aliphatic heterocycles. The highest BCUT2D eigenvalue weighted by atomic mass is 35.5. The van der Waals surface area contributed by atoms with Crippen LogP contribution in [0.1, 0.15) is 18.4 Å². The number of benzene rings is 1. The maximum Gasteiger partial charge on any atom is 0.222 e. The topological polar surface area (TPSA) is 73.6 Å². The Kier molecular flexibility index (Phi) is 10.7. The van der Waals surface area contributed by atoms with Crippen LogP contribution < -0.4 is 15.8 Å². The van der Waals surface area contributed by atoms with Crippen LogP contribution in [0.25, 0.3) is 0 Å². The fourth-order valence-electron chi connectivity index (χ4n) is 1.67. The summed E-state index contributed by atoms with van der Waals surface area (Å²) in [5, 5.41) is 2.82.